The number of methoxy groups -OCH3 is 1. The quantitative estimate of drug-likeness (QED) is 0.354. The maximum absolute atomic E-state index is 13.1. The molecule has 1 aliphatic rings. The van der Waals surface area contributed by atoms with Crippen LogP contribution in [-0.2, 0) is 13.2 Å². The minimum atomic E-state index is -0.448. The minimum Gasteiger partial charge on any atom is -0.497 e. The van der Waals surface area contributed by atoms with Gasteiger partial charge in [-0.25, -0.2) is 0 Å². The summed E-state index contributed by atoms with van der Waals surface area (Å²) >= 11 is 0. The molecule has 1 saturated heterocycles. The third-order valence-corrected chi connectivity index (χ3v) is 6.08. The molecule has 0 atom stereocenters. The molecule has 182 valence electrons. The van der Waals surface area contributed by atoms with Gasteiger partial charge >= 0.3 is 5.69 Å². The van der Waals surface area contributed by atoms with Crippen molar-refractivity contribution in [2.24, 2.45) is 0 Å². The highest BCUT2D eigenvalue weighted by Crippen LogP contribution is 2.28. The number of amides is 1. The van der Waals surface area contributed by atoms with Crippen molar-refractivity contribution in [3.63, 3.8) is 0 Å². The third kappa shape index (κ3) is 6.16. The minimum absolute atomic E-state index is 0.0193. The van der Waals surface area contributed by atoms with Crippen LogP contribution in [0.3, 0.4) is 0 Å². The molecule has 35 heavy (non-hydrogen) atoms. The van der Waals surface area contributed by atoms with Gasteiger partial charge in [0.2, 0.25) is 0 Å². The van der Waals surface area contributed by atoms with E-state index in [4.69, 9.17) is 9.47 Å². The Kier molecular flexibility index (Phi) is 7.62. The van der Waals surface area contributed by atoms with Crippen molar-refractivity contribution in [3.05, 3.63) is 99.1 Å². The van der Waals surface area contributed by atoms with E-state index in [1.807, 2.05) is 35.2 Å². The van der Waals surface area contributed by atoms with Gasteiger partial charge in [0.05, 0.1) is 12.0 Å². The standard InChI is InChI=1S/C27H29N3O5/c1-20-9-10-26(25(15-20)30(32)33)35-19-22-6-3-7-23(16-22)27(31)29-13-11-28(12-14-29)18-21-5-4-8-24(17-21)34-2/h3-10,15-17H,11-14,18-19H2,1-2H3. The van der Waals surface area contributed by atoms with Crippen LogP contribution in [0.1, 0.15) is 27.0 Å². The topological polar surface area (TPSA) is 85.2 Å². The summed E-state index contributed by atoms with van der Waals surface area (Å²) in [5, 5.41) is 11.3. The number of nitro benzene ring substituents is 1. The van der Waals surface area contributed by atoms with Gasteiger partial charge in [0, 0.05) is 44.4 Å². The Morgan fingerprint density at radius 3 is 2.46 bits per heavy atom. The van der Waals surface area contributed by atoms with Gasteiger partial charge in [-0.15, -0.1) is 0 Å². The van der Waals surface area contributed by atoms with E-state index < -0.39 is 4.92 Å². The Bertz CT molecular complexity index is 1200. The first kappa shape index (κ1) is 24.2. The molecule has 0 aromatic heterocycles. The van der Waals surface area contributed by atoms with Crippen molar-refractivity contribution < 1.29 is 19.2 Å². The maximum atomic E-state index is 13.1. The first-order valence-electron chi connectivity index (χ1n) is 11.5. The molecule has 0 aliphatic carbocycles. The molecule has 0 unspecified atom stereocenters. The van der Waals surface area contributed by atoms with Crippen molar-refractivity contribution in [1.82, 2.24) is 9.80 Å². The van der Waals surface area contributed by atoms with Crippen LogP contribution >= 0.6 is 0 Å². The highest BCUT2D eigenvalue weighted by molar-refractivity contribution is 5.94. The fourth-order valence-electron chi connectivity index (χ4n) is 4.17. The zero-order valence-corrected chi connectivity index (χ0v) is 20.0. The summed E-state index contributed by atoms with van der Waals surface area (Å²) in [7, 11) is 1.66. The number of aryl methyl sites for hydroxylation is 1. The van der Waals surface area contributed by atoms with E-state index in [1.54, 1.807) is 38.3 Å². The summed E-state index contributed by atoms with van der Waals surface area (Å²) in [5.41, 5.74) is 3.28. The number of carbonyl (C=O) groups excluding carboxylic acids is 1. The van der Waals surface area contributed by atoms with E-state index in [0.717, 1.165) is 36.5 Å². The molecular formula is C27H29N3O5. The number of hydrogen-bond donors (Lipinski definition) is 0. The van der Waals surface area contributed by atoms with Crippen molar-refractivity contribution in [2.75, 3.05) is 33.3 Å². The Hall–Kier alpha value is -3.91. The SMILES string of the molecule is COc1cccc(CN2CCN(C(=O)c3cccc(COc4ccc(C)cc4[N+](=O)[O-])c3)CC2)c1. The number of nitrogens with zero attached hydrogens (tertiary/aromatic N) is 3. The lowest BCUT2D eigenvalue weighted by Crippen LogP contribution is -2.48. The summed E-state index contributed by atoms with van der Waals surface area (Å²) in [6, 6.07) is 20.2. The molecular weight excluding hydrogens is 446 g/mol. The van der Waals surface area contributed by atoms with Gasteiger partial charge in [0.25, 0.3) is 5.91 Å². The molecule has 0 spiro atoms. The van der Waals surface area contributed by atoms with E-state index in [-0.39, 0.29) is 24.0 Å². The first-order valence-corrected chi connectivity index (χ1v) is 11.5. The van der Waals surface area contributed by atoms with E-state index in [1.165, 1.54) is 11.6 Å². The zero-order valence-electron chi connectivity index (χ0n) is 20.0. The highest BCUT2D eigenvalue weighted by Gasteiger charge is 2.23. The second-order valence-electron chi connectivity index (χ2n) is 8.64. The second kappa shape index (κ2) is 11.0. The summed E-state index contributed by atoms with van der Waals surface area (Å²) in [5.74, 6) is 1.04. The Balaban J connectivity index is 1.34. The van der Waals surface area contributed by atoms with Crippen molar-refractivity contribution in [1.29, 1.82) is 0 Å². The molecule has 3 aromatic carbocycles. The van der Waals surface area contributed by atoms with Crippen LogP contribution in [0.4, 0.5) is 5.69 Å². The molecule has 1 amide bonds. The van der Waals surface area contributed by atoms with Gasteiger partial charge in [-0.1, -0.05) is 30.3 Å². The highest BCUT2D eigenvalue weighted by atomic mass is 16.6. The Morgan fingerprint density at radius 1 is 0.971 bits per heavy atom. The average Bonchev–Trinajstić information content (AvgIpc) is 2.88. The first-order chi connectivity index (χ1) is 16.9. The Morgan fingerprint density at radius 2 is 1.71 bits per heavy atom. The molecule has 0 radical (unpaired) electrons. The number of carbonyl (C=O) groups is 1. The zero-order chi connectivity index (χ0) is 24.8. The predicted octanol–water partition coefficient (Wildman–Crippen LogP) is 4.45. The molecule has 1 fully saturated rings. The van der Waals surface area contributed by atoms with E-state index in [0.29, 0.717) is 18.7 Å². The monoisotopic (exact) mass is 475 g/mol. The van der Waals surface area contributed by atoms with Gasteiger partial charge in [-0.05, 0) is 53.9 Å². The van der Waals surface area contributed by atoms with E-state index in [2.05, 4.69) is 11.0 Å². The summed E-state index contributed by atoms with van der Waals surface area (Å²) in [6.45, 7) is 5.64. The second-order valence-corrected chi connectivity index (χ2v) is 8.64. The molecule has 0 N–H and O–H groups in total. The summed E-state index contributed by atoms with van der Waals surface area (Å²) in [6.07, 6.45) is 0. The number of benzene rings is 3. The predicted molar refractivity (Wildman–Crippen MR) is 133 cm³/mol. The smallest absolute Gasteiger partial charge is 0.311 e. The maximum Gasteiger partial charge on any atom is 0.311 e. The van der Waals surface area contributed by atoms with Gasteiger partial charge in [0.15, 0.2) is 5.75 Å². The average molecular weight is 476 g/mol. The largest absolute Gasteiger partial charge is 0.497 e. The van der Waals surface area contributed by atoms with Crippen LogP contribution in [0, 0.1) is 17.0 Å². The van der Waals surface area contributed by atoms with Crippen molar-refractivity contribution in [3.8, 4) is 11.5 Å². The van der Waals surface area contributed by atoms with E-state index >= 15 is 0 Å². The number of nitro groups is 1. The molecule has 4 rings (SSSR count). The van der Waals surface area contributed by atoms with Gasteiger partial charge in [-0.2, -0.15) is 0 Å². The van der Waals surface area contributed by atoms with Gasteiger partial charge in [-0.3, -0.25) is 19.8 Å². The molecule has 3 aromatic rings. The lowest BCUT2D eigenvalue weighted by Gasteiger charge is -2.35. The molecule has 8 nitrogen and oxygen atoms in total. The number of hydrogen-bond acceptors (Lipinski definition) is 6. The fourth-order valence-corrected chi connectivity index (χ4v) is 4.17. The fraction of sp³-hybridized carbons (Fsp3) is 0.296. The normalized spacial score (nSPS) is 13.9. The van der Waals surface area contributed by atoms with Crippen LogP contribution in [0.5, 0.6) is 11.5 Å². The van der Waals surface area contributed by atoms with Gasteiger partial charge < -0.3 is 14.4 Å². The van der Waals surface area contributed by atoms with E-state index in [9.17, 15) is 14.9 Å². The molecule has 1 heterocycles. The van der Waals surface area contributed by atoms with Crippen molar-refractivity contribution >= 4 is 11.6 Å². The summed E-state index contributed by atoms with van der Waals surface area (Å²) < 4.78 is 11.0. The van der Waals surface area contributed by atoms with Crippen LogP contribution in [0.15, 0.2) is 66.7 Å². The molecule has 1 aliphatic heterocycles. The molecule has 8 heteroatoms. The Labute approximate surface area is 204 Å². The molecule has 0 saturated carbocycles. The van der Waals surface area contributed by atoms with Gasteiger partial charge in [0.1, 0.15) is 12.4 Å². The van der Waals surface area contributed by atoms with Crippen molar-refractivity contribution in [2.45, 2.75) is 20.1 Å². The third-order valence-electron chi connectivity index (χ3n) is 6.08. The number of ether oxygens (including phenoxy) is 2. The van der Waals surface area contributed by atoms with Crippen LogP contribution in [0.25, 0.3) is 0 Å². The number of rotatable bonds is 8. The lowest BCUT2D eigenvalue weighted by molar-refractivity contribution is -0.386. The summed E-state index contributed by atoms with van der Waals surface area (Å²) in [4.78, 5) is 28.2. The van der Waals surface area contributed by atoms with Crippen LogP contribution in [0.2, 0.25) is 0 Å². The molecule has 0 bridgehead atoms. The van der Waals surface area contributed by atoms with Crippen LogP contribution < -0.4 is 9.47 Å². The lowest BCUT2D eigenvalue weighted by atomic mass is 10.1. The number of piperazine rings is 1. The van der Waals surface area contributed by atoms with Crippen LogP contribution in [-0.4, -0.2) is 53.9 Å².